The average Bonchev–Trinajstić information content (AvgIpc) is 3.49. The Morgan fingerprint density at radius 1 is 0.353 bits per heavy atom. The van der Waals surface area contributed by atoms with Gasteiger partial charge in [-0.05, 0) is 44.9 Å². The van der Waals surface area contributed by atoms with Crippen molar-refractivity contribution in [3.05, 3.63) is 24.3 Å². The van der Waals surface area contributed by atoms with Crippen molar-refractivity contribution in [1.82, 2.24) is 0 Å². The highest BCUT2D eigenvalue weighted by atomic mass is 16.7. The van der Waals surface area contributed by atoms with E-state index in [0.717, 1.165) is 44.9 Å². The quantitative estimate of drug-likeness (QED) is 0.0211. The minimum Gasteiger partial charge on any atom is -0.477 e. The number of esters is 2. The van der Waals surface area contributed by atoms with Gasteiger partial charge in [0.15, 0.2) is 6.10 Å². The number of aliphatic carboxylic acids is 1. The molecule has 0 saturated carbocycles. The van der Waals surface area contributed by atoms with Crippen molar-refractivity contribution in [2.24, 2.45) is 0 Å². The molecule has 1 N–H and O–H groups in total. The maximum atomic E-state index is 13.0. The van der Waals surface area contributed by atoms with Crippen LogP contribution < -0.4 is 0 Å². The number of hydrogen-bond donors (Lipinski definition) is 1. The lowest BCUT2D eigenvalue weighted by Crippen LogP contribution is -2.40. The Morgan fingerprint density at radius 2 is 0.635 bits per heavy atom. The van der Waals surface area contributed by atoms with Gasteiger partial charge in [-0.25, -0.2) is 4.79 Å². The molecule has 0 aliphatic carbocycles. The number of ether oxygens (including phenoxy) is 4. The molecule has 0 aliphatic rings. The van der Waals surface area contributed by atoms with E-state index in [9.17, 15) is 19.5 Å². The lowest BCUT2D eigenvalue weighted by atomic mass is 10.0. The standard InChI is InChI=1S/C76H145NO8/c1-6-8-10-12-14-16-18-20-22-24-26-28-30-32-34-36-37-39-41-43-45-47-49-51-53-55-57-59-61-63-65-67-74(79)85-72(71-84-76(75(80)81)82-69-68-77(3,4)5)70-83-73(78)66-64-62-60-58-56-54-52-50-48-46-44-42-40-38-35-33-31-29-27-25-23-21-19-17-15-13-11-9-7-2/h18,20,24,26,72,76H,6-17,19,21-23,25,27-71H2,1-5H3/p+1/b20-18-,26-24-. The third kappa shape index (κ3) is 69.1. The molecule has 0 radical (unpaired) electrons. The first kappa shape index (κ1) is 82.8. The first-order valence-electron chi connectivity index (χ1n) is 37.5. The minimum atomic E-state index is -1.51. The second-order valence-corrected chi connectivity index (χ2v) is 27.0. The third-order valence-electron chi connectivity index (χ3n) is 17.2. The molecule has 9 heteroatoms. The molecule has 0 amide bonds. The highest BCUT2D eigenvalue weighted by Gasteiger charge is 2.25. The lowest BCUT2D eigenvalue weighted by Gasteiger charge is -2.25. The Hall–Kier alpha value is -2.23. The number of carbonyl (C=O) groups excluding carboxylic acids is 2. The molecule has 0 aromatic carbocycles. The molecule has 0 saturated heterocycles. The first-order valence-corrected chi connectivity index (χ1v) is 37.5. The second-order valence-electron chi connectivity index (χ2n) is 27.0. The maximum absolute atomic E-state index is 13.0. The van der Waals surface area contributed by atoms with Crippen LogP contribution in [0.2, 0.25) is 0 Å². The highest BCUT2D eigenvalue weighted by molar-refractivity contribution is 5.71. The molecule has 2 atom stereocenters. The Kier molecular flexibility index (Phi) is 65.9. The van der Waals surface area contributed by atoms with Crippen LogP contribution in [0, 0.1) is 0 Å². The number of carbonyl (C=O) groups is 3. The summed E-state index contributed by atoms with van der Waals surface area (Å²) in [6.45, 7) is 4.95. The molecule has 0 rings (SSSR count). The van der Waals surface area contributed by atoms with Crippen molar-refractivity contribution in [2.75, 3.05) is 47.5 Å². The number of likely N-dealkylation sites (N-methyl/N-ethyl adjacent to an activating group) is 1. The van der Waals surface area contributed by atoms with Crippen molar-refractivity contribution in [1.29, 1.82) is 0 Å². The van der Waals surface area contributed by atoms with Crippen LogP contribution in [0.15, 0.2) is 24.3 Å². The van der Waals surface area contributed by atoms with E-state index in [1.54, 1.807) is 0 Å². The van der Waals surface area contributed by atoms with Crippen molar-refractivity contribution >= 4 is 17.9 Å². The molecule has 0 aromatic rings. The molecule has 502 valence electrons. The molecule has 2 unspecified atom stereocenters. The maximum Gasteiger partial charge on any atom is 0.361 e. The summed E-state index contributed by atoms with van der Waals surface area (Å²) in [5.74, 6) is -1.97. The normalized spacial score (nSPS) is 12.7. The Morgan fingerprint density at radius 3 is 0.929 bits per heavy atom. The fraction of sp³-hybridized carbons (Fsp3) is 0.908. The predicted molar refractivity (Wildman–Crippen MR) is 364 cm³/mol. The molecule has 0 bridgehead atoms. The molecule has 0 fully saturated rings. The average molecular weight is 1200 g/mol. The molecule has 0 aromatic heterocycles. The van der Waals surface area contributed by atoms with Crippen LogP contribution in [0.4, 0.5) is 0 Å². The topological polar surface area (TPSA) is 108 Å². The van der Waals surface area contributed by atoms with E-state index in [2.05, 4.69) is 38.2 Å². The fourth-order valence-electron chi connectivity index (χ4n) is 11.5. The van der Waals surface area contributed by atoms with E-state index in [4.69, 9.17) is 18.9 Å². The highest BCUT2D eigenvalue weighted by Crippen LogP contribution is 2.20. The molecule has 9 nitrogen and oxygen atoms in total. The van der Waals surface area contributed by atoms with Gasteiger partial charge in [-0.2, -0.15) is 0 Å². The van der Waals surface area contributed by atoms with Gasteiger partial charge in [-0.15, -0.1) is 0 Å². The van der Waals surface area contributed by atoms with Gasteiger partial charge >= 0.3 is 17.9 Å². The number of quaternary nitrogens is 1. The zero-order chi connectivity index (χ0) is 61.9. The molecule has 0 spiro atoms. The van der Waals surface area contributed by atoms with E-state index in [1.165, 1.54) is 315 Å². The largest absolute Gasteiger partial charge is 0.477 e. The summed E-state index contributed by atoms with van der Waals surface area (Å²) in [5.41, 5.74) is 0. The van der Waals surface area contributed by atoms with Gasteiger partial charge in [-0.1, -0.05) is 353 Å². The molecular weight excluding hydrogens is 1050 g/mol. The van der Waals surface area contributed by atoms with E-state index in [1.807, 2.05) is 21.1 Å². The zero-order valence-corrected chi connectivity index (χ0v) is 57.6. The summed E-state index contributed by atoms with van der Waals surface area (Å²) in [4.78, 5) is 37.7. The van der Waals surface area contributed by atoms with Crippen LogP contribution in [0.3, 0.4) is 0 Å². The minimum absolute atomic E-state index is 0.174. The smallest absolute Gasteiger partial charge is 0.361 e. The number of carboxylic acids is 1. The second kappa shape index (κ2) is 67.7. The number of carboxylic acid groups (broad SMARTS) is 1. The van der Waals surface area contributed by atoms with E-state index in [0.29, 0.717) is 17.4 Å². The third-order valence-corrected chi connectivity index (χ3v) is 17.2. The van der Waals surface area contributed by atoms with Crippen molar-refractivity contribution in [3.8, 4) is 0 Å². The van der Waals surface area contributed by atoms with Crippen LogP contribution in [0.1, 0.15) is 386 Å². The summed E-state index contributed by atoms with van der Waals surface area (Å²) in [5, 5.41) is 9.76. The summed E-state index contributed by atoms with van der Waals surface area (Å²) in [6, 6.07) is 0. The first-order chi connectivity index (χ1) is 41.6. The number of allylic oxidation sites excluding steroid dienone is 4. The molecular formula is C76H146NO8+. The molecule has 85 heavy (non-hydrogen) atoms. The van der Waals surface area contributed by atoms with Crippen LogP contribution in [-0.4, -0.2) is 87.4 Å². The number of hydrogen-bond acceptors (Lipinski definition) is 7. The molecule has 0 aliphatic heterocycles. The number of nitrogens with zero attached hydrogens (tertiary/aromatic N) is 1. The SMILES string of the molecule is CCCCCCC/C=C\C/C=C\CCCCCCCCCCCCCCCCCCCCCC(=O)OC(COC(=O)CCCCCCCCCCCCCCCCCCCCCCCCCCCCCCC)COC(OCC[N+](C)(C)C)C(=O)O. The van der Waals surface area contributed by atoms with Crippen molar-refractivity contribution in [2.45, 2.75) is 399 Å². The summed E-state index contributed by atoms with van der Waals surface area (Å²) >= 11 is 0. The van der Waals surface area contributed by atoms with Crippen molar-refractivity contribution in [3.63, 3.8) is 0 Å². The number of rotatable bonds is 71. The van der Waals surface area contributed by atoms with E-state index >= 15 is 0 Å². The predicted octanol–water partition coefficient (Wildman–Crippen LogP) is 23.4. The lowest BCUT2D eigenvalue weighted by molar-refractivity contribution is -0.870. The van der Waals surface area contributed by atoms with E-state index < -0.39 is 18.4 Å². The Balaban J connectivity index is 4.02. The number of unbranched alkanes of at least 4 members (excludes halogenated alkanes) is 52. The van der Waals surface area contributed by atoms with Gasteiger partial charge in [0, 0.05) is 12.8 Å². The zero-order valence-electron chi connectivity index (χ0n) is 57.6. The summed E-state index contributed by atoms with van der Waals surface area (Å²) < 4.78 is 23.0. The fourth-order valence-corrected chi connectivity index (χ4v) is 11.5. The van der Waals surface area contributed by atoms with Crippen LogP contribution in [0.5, 0.6) is 0 Å². The summed E-state index contributed by atoms with van der Waals surface area (Å²) in [6.07, 6.45) is 81.7. The van der Waals surface area contributed by atoms with Crippen LogP contribution in [-0.2, 0) is 33.3 Å². The Bertz CT molecular complexity index is 1440. The monoisotopic (exact) mass is 1200 g/mol. The van der Waals surface area contributed by atoms with Gasteiger partial charge in [0.25, 0.3) is 6.29 Å². The van der Waals surface area contributed by atoms with Gasteiger partial charge in [0.1, 0.15) is 13.2 Å². The Labute approximate surface area is 528 Å². The van der Waals surface area contributed by atoms with E-state index in [-0.39, 0.29) is 38.2 Å². The van der Waals surface area contributed by atoms with Gasteiger partial charge < -0.3 is 28.5 Å². The van der Waals surface area contributed by atoms with Crippen molar-refractivity contribution < 1.29 is 42.9 Å². The van der Waals surface area contributed by atoms with Gasteiger partial charge in [0.2, 0.25) is 0 Å². The summed E-state index contributed by atoms with van der Waals surface area (Å²) in [7, 11) is 6.00. The molecule has 0 heterocycles. The van der Waals surface area contributed by atoms with Gasteiger partial charge in [-0.3, -0.25) is 9.59 Å². The van der Waals surface area contributed by atoms with Crippen LogP contribution >= 0.6 is 0 Å². The van der Waals surface area contributed by atoms with Crippen LogP contribution in [0.25, 0.3) is 0 Å². The van der Waals surface area contributed by atoms with Gasteiger partial charge in [0.05, 0.1) is 34.4 Å².